The third-order valence-electron chi connectivity index (χ3n) is 4.45. The Hall–Kier alpha value is -0.697. The molecule has 0 saturated heterocycles. The number of likely N-dealkylation sites (N-methyl/N-ethyl adjacent to an activating group) is 1. The fraction of sp³-hybridized carbons (Fsp3) is 0.810. The van der Waals surface area contributed by atoms with Gasteiger partial charge in [-0.25, -0.2) is 0 Å². The molecular weight excluding hydrogens is 380 g/mol. The summed E-state index contributed by atoms with van der Waals surface area (Å²) in [6.45, 7) is 2.05. The molecule has 0 aliphatic rings. The van der Waals surface area contributed by atoms with Gasteiger partial charge in [0.2, 0.25) is 5.91 Å². The van der Waals surface area contributed by atoms with Crippen molar-refractivity contribution >= 4 is 11.9 Å². The molecule has 4 nitrogen and oxygen atoms in total. The first-order chi connectivity index (χ1) is 12.1. The number of carbonyl (C=O) groups is 2. The Labute approximate surface area is 173 Å². The van der Waals surface area contributed by atoms with E-state index < -0.39 is 5.97 Å². The van der Waals surface area contributed by atoms with Gasteiger partial charge in [0.25, 0.3) is 0 Å². The van der Waals surface area contributed by atoms with Crippen molar-refractivity contribution < 1.29 is 34.2 Å². The third kappa shape index (κ3) is 19.6. The second-order valence-electron chi connectivity index (χ2n) is 6.98. The summed E-state index contributed by atoms with van der Waals surface area (Å²) < 4.78 is 0. The number of carbonyl (C=O) groups excluding carboxylic acids is 1. The molecule has 0 radical (unpaired) electrons. The summed E-state index contributed by atoms with van der Waals surface area (Å²) in [7, 11) is 1.55. The van der Waals surface area contributed by atoms with Crippen molar-refractivity contribution in [3.8, 4) is 0 Å². The molecule has 26 heavy (non-hydrogen) atoms. The van der Waals surface area contributed by atoms with Crippen molar-refractivity contribution in [2.75, 3.05) is 13.6 Å². The number of carboxylic acid groups (broad SMARTS) is 1. The molecule has 1 N–H and O–H groups in total. The number of aliphatic carboxylic acids is 1. The molecule has 1 amide bonds. The Morgan fingerprint density at radius 3 is 1.77 bits per heavy atom. The number of carboxylic acids is 1. The van der Waals surface area contributed by atoms with E-state index in [-0.39, 0.29) is 31.9 Å². The normalized spacial score (nSPS) is 10.7. The van der Waals surface area contributed by atoms with Crippen LogP contribution in [0.5, 0.6) is 0 Å². The number of nitrogens with zero attached hydrogens (tertiary/aromatic N) is 1. The Bertz CT molecular complexity index is 372. The molecule has 5 heteroatoms. The van der Waals surface area contributed by atoms with Gasteiger partial charge in [-0.1, -0.05) is 70.4 Å². The summed E-state index contributed by atoms with van der Waals surface area (Å²) in [4.78, 5) is 23.5. The van der Waals surface area contributed by atoms with Crippen LogP contribution in [-0.4, -0.2) is 35.5 Å². The standard InChI is InChI=1S/C21H39NO3.Zn/c1-3-4-5-6-7-8-9-10-11-12-13-14-15-16-17-18-20(23)22(2)19-21(24)25;/h10-11H,3-9,12-19H2,1-2H3,(H,24,25);/b11-10-;. The van der Waals surface area contributed by atoms with Crippen molar-refractivity contribution in [3.05, 3.63) is 12.2 Å². The van der Waals surface area contributed by atoms with Crippen molar-refractivity contribution in [2.45, 2.75) is 96.8 Å². The van der Waals surface area contributed by atoms with E-state index in [4.69, 9.17) is 5.11 Å². The average molecular weight is 419 g/mol. The molecule has 0 aromatic rings. The van der Waals surface area contributed by atoms with Crippen LogP contribution in [0.1, 0.15) is 96.8 Å². The van der Waals surface area contributed by atoms with E-state index in [1.54, 1.807) is 7.05 Å². The van der Waals surface area contributed by atoms with E-state index in [2.05, 4.69) is 19.1 Å². The maximum absolute atomic E-state index is 11.7. The minimum absolute atomic E-state index is 0. The van der Waals surface area contributed by atoms with E-state index in [9.17, 15) is 9.59 Å². The molecule has 0 unspecified atom stereocenters. The number of unbranched alkanes of at least 4 members (excludes halogenated alkanes) is 11. The Morgan fingerprint density at radius 1 is 0.808 bits per heavy atom. The SMILES string of the molecule is CCCCCCCC/C=C\CCCCCCCC(=O)N(C)CC(=O)O.[Zn]. The monoisotopic (exact) mass is 417 g/mol. The van der Waals surface area contributed by atoms with Crippen LogP contribution >= 0.6 is 0 Å². The largest absolute Gasteiger partial charge is 0.480 e. The molecule has 0 saturated carbocycles. The molecule has 0 fully saturated rings. The van der Waals surface area contributed by atoms with Crippen LogP contribution in [-0.2, 0) is 29.1 Å². The summed E-state index contributed by atoms with van der Waals surface area (Å²) in [6, 6.07) is 0. The van der Waals surface area contributed by atoms with E-state index >= 15 is 0 Å². The van der Waals surface area contributed by atoms with Crippen LogP contribution in [0, 0.1) is 0 Å². The van der Waals surface area contributed by atoms with Crippen LogP contribution in [0.4, 0.5) is 0 Å². The maximum atomic E-state index is 11.7. The molecule has 0 spiro atoms. The van der Waals surface area contributed by atoms with Crippen molar-refractivity contribution in [3.63, 3.8) is 0 Å². The van der Waals surface area contributed by atoms with E-state index in [1.165, 1.54) is 62.7 Å². The smallest absolute Gasteiger partial charge is 0.323 e. The Kier molecular flexibility index (Phi) is 21.8. The van der Waals surface area contributed by atoms with Crippen molar-refractivity contribution in [1.29, 1.82) is 0 Å². The summed E-state index contributed by atoms with van der Waals surface area (Å²) >= 11 is 0. The summed E-state index contributed by atoms with van der Waals surface area (Å²) in [5, 5.41) is 8.64. The fourth-order valence-corrected chi connectivity index (χ4v) is 2.83. The number of allylic oxidation sites excluding steroid dienone is 2. The molecule has 0 rings (SSSR count). The summed E-state index contributed by atoms with van der Waals surface area (Å²) in [5.74, 6) is -1.03. The van der Waals surface area contributed by atoms with E-state index in [0.29, 0.717) is 6.42 Å². The van der Waals surface area contributed by atoms with Gasteiger partial charge in [0.1, 0.15) is 6.54 Å². The maximum Gasteiger partial charge on any atom is 0.323 e. The third-order valence-corrected chi connectivity index (χ3v) is 4.45. The molecule has 0 aliphatic carbocycles. The van der Waals surface area contributed by atoms with Gasteiger partial charge < -0.3 is 10.0 Å². The second kappa shape index (κ2) is 20.6. The van der Waals surface area contributed by atoms with E-state index in [1.807, 2.05) is 0 Å². The van der Waals surface area contributed by atoms with Gasteiger partial charge in [-0.05, 0) is 32.1 Å². The Morgan fingerprint density at radius 2 is 1.27 bits per heavy atom. The van der Waals surface area contributed by atoms with Gasteiger partial charge in [0, 0.05) is 32.9 Å². The predicted octanol–water partition coefficient (Wildman–Crippen LogP) is 5.56. The zero-order chi connectivity index (χ0) is 18.8. The molecular formula is C21H39NO3Zn. The molecule has 0 aliphatic heterocycles. The van der Waals surface area contributed by atoms with Gasteiger partial charge in [-0.15, -0.1) is 0 Å². The van der Waals surface area contributed by atoms with Crippen LogP contribution in [0.3, 0.4) is 0 Å². The molecule has 0 bridgehead atoms. The molecule has 148 valence electrons. The van der Waals surface area contributed by atoms with Crippen LogP contribution in [0.2, 0.25) is 0 Å². The number of hydrogen-bond acceptors (Lipinski definition) is 2. The zero-order valence-electron chi connectivity index (χ0n) is 17.2. The predicted molar refractivity (Wildman–Crippen MR) is 105 cm³/mol. The van der Waals surface area contributed by atoms with Gasteiger partial charge in [0.15, 0.2) is 0 Å². The minimum atomic E-state index is -0.958. The van der Waals surface area contributed by atoms with Gasteiger partial charge >= 0.3 is 5.97 Å². The number of amides is 1. The van der Waals surface area contributed by atoms with Crippen molar-refractivity contribution in [2.24, 2.45) is 0 Å². The molecule has 0 heterocycles. The van der Waals surface area contributed by atoms with Gasteiger partial charge in [-0.3, -0.25) is 9.59 Å². The van der Waals surface area contributed by atoms with E-state index in [0.717, 1.165) is 25.7 Å². The molecule has 0 aromatic heterocycles. The zero-order valence-corrected chi connectivity index (χ0v) is 20.1. The average Bonchev–Trinajstić information content (AvgIpc) is 2.57. The fourth-order valence-electron chi connectivity index (χ4n) is 2.83. The Balaban J connectivity index is 0. The molecule has 0 aromatic carbocycles. The van der Waals surface area contributed by atoms with Crippen LogP contribution in [0.15, 0.2) is 12.2 Å². The topological polar surface area (TPSA) is 57.6 Å². The summed E-state index contributed by atoms with van der Waals surface area (Å²) in [5.41, 5.74) is 0. The first kappa shape index (κ1) is 27.5. The number of hydrogen-bond donors (Lipinski definition) is 1. The first-order valence-corrected chi connectivity index (χ1v) is 10.2. The number of rotatable bonds is 17. The summed E-state index contributed by atoms with van der Waals surface area (Å²) in [6.07, 6.45) is 21.1. The second-order valence-corrected chi connectivity index (χ2v) is 6.98. The van der Waals surface area contributed by atoms with Gasteiger partial charge in [-0.2, -0.15) is 0 Å². The van der Waals surface area contributed by atoms with Gasteiger partial charge in [0.05, 0.1) is 0 Å². The van der Waals surface area contributed by atoms with Crippen LogP contribution < -0.4 is 0 Å². The minimum Gasteiger partial charge on any atom is -0.480 e. The molecule has 0 atom stereocenters. The van der Waals surface area contributed by atoms with Crippen LogP contribution in [0.25, 0.3) is 0 Å². The quantitative estimate of drug-likeness (QED) is 0.191. The first-order valence-electron chi connectivity index (χ1n) is 10.2. The van der Waals surface area contributed by atoms with Crippen molar-refractivity contribution in [1.82, 2.24) is 4.90 Å².